The summed E-state index contributed by atoms with van der Waals surface area (Å²) in [7, 11) is -4.08. The van der Waals surface area contributed by atoms with Gasteiger partial charge in [0.2, 0.25) is 11.8 Å². The maximum atomic E-state index is 13.9. The molecule has 0 fully saturated rings. The topological polar surface area (TPSA) is 86.8 Å². The van der Waals surface area contributed by atoms with Crippen molar-refractivity contribution in [2.75, 3.05) is 10.8 Å². The molecule has 0 aliphatic carbocycles. The van der Waals surface area contributed by atoms with Gasteiger partial charge in [-0.2, -0.15) is 0 Å². The van der Waals surface area contributed by atoms with Crippen LogP contribution < -0.4 is 9.62 Å². The van der Waals surface area contributed by atoms with E-state index in [0.717, 1.165) is 21.9 Å². The van der Waals surface area contributed by atoms with Crippen LogP contribution in [0.5, 0.6) is 0 Å². The molecular formula is C29H34ClN3O4S. The van der Waals surface area contributed by atoms with Crippen molar-refractivity contribution in [3.05, 3.63) is 95.0 Å². The molecule has 0 radical (unpaired) electrons. The summed E-state index contributed by atoms with van der Waals surface area (Å²) in [5.74, 6) is -0.851. The van der Waals surface area contributed by atoms with Crippen LogP contribution in [0.3, 0.4) is 0 Å². The van der Waals surface area contributed by atoms with E-state index in [1.807, 2.05) is 32.9 Å². The van der Waals surface area contributed by atoms with Crippen LogP contribution in [-0.4, -0.2) is 43.8 Å². The summed E-state index contributed by atoms with van der Waals surface area (Å²) in [6, 6.07) is 21.1. The Morgan fingerprint density at radius 3 is 2.13 bits per heavy atom. The molecule has 3 rings (SSSR count). The number of nitrogens with one attached hydrogen (secondary N) is 1. The Labute approximate surface area is 230 Å². The Morgan fingerprint density at radius 1 is 0.895 bits per heavy atom. The molecule has 3 aromatic rings. The maximum Gasteiger partial charge on any atom is 0.264 e. The standard InChI is InChI=1S/C29H34ClN3O4S/c1-5-23-14-16-26(17-15-23)33(38(36,37)27-12-7-6-8-13-27)20-28(34)32(22(4)29(35)31-21(2)3)19-24-10-9-11-25(30)18-24/h6-18,21-22H,5,19-20H2,1-4H3,(H,31,35)/t22-/m1/s1. The zero-order valence-corrected chi connectivity index (χ0v) is 23.7. The van der Waals surface area contributed by atoms with E-state index >= 15 is 0 Å². The molecule has 0 bridgehead atoms. The van der Waals surface area contributed by atoms with Gasteiger partial charge in [0.25, 0.3) is 10.0 Å². The molecule has 2 amide bonds. The molecule has 0 heterocycles. The first-order valence-electron chi connectivity index (χ1n) is 12.5. The third kappa shape index (κ3) is 7.36. The fourth-order valence-electron chi connectivity index (χ4n) is 3.97. The van der Waals surface area contributed by atoms with Gasteiger partial charge in [0.1, 0.15) is 12.6 Å². The smallest absolute Gasteiger partial charge is 0.264 e. The molecule has 202 valence electrons. The van der Waals surface area contributed by atoms with Crippen LogP contribution in [0.4, 0.5) is 5.69 Å². The number of carbonyl (C=O) groups excluding carboxylic acids is 2. The molecule has 0 spiro atoms. The molecule has 1 atom stereocenters. The van der Waals surface area contributed by atoms with E-state index in [9.17, 15) is 18.0 Å². The molecule has 0 unspecified atom stereocenters. The number of amides is 2. The molecule has 0 saturated heterocycles. The van der Waals surface area contributed by atoms with Crippen LogP contribution in [0.25, 0.3) is 0 Å². The van der Waals surface area contributed by atoms with Gasteiger partial charge in [-0.1, -0.05) is 61.0 Å². The molecular weight excluding hydrogens is 522 g/mol. The quantitative estimate of drug-likeness (QED) is 0.359. The van der Waals surface area contributed by atoms with Gasteiger partial charge >= 0.3 is 0 Å². The number of hydrogen-bond donors (Lipinski definition) is 1. The maximum absolute atomic E-state index is 13.9. The van der Waals surface area contributed by atoms with Crippen LogP contribution in [0.2, 0.25) is 5.02 Å². The van der Waals surface area contributed by atoms with Gasteiger partial charge in [0.05, 0.1) is 10.6 Å². The lowest BCUT2D eigenvalue weighted by Gasteiger charge is -2.32. The lowest BCUT2D eigenvalue weighted by atomic mass is 10.1. The Morgan fingerprint density at radius 2 is 1.55 bits per heavy atom. The largest absolute Gasteiger partial charge is 0.352 e. The predicted octanol–water partition coefficient (Wildman–Crippen LogP) is 5.04. The van der Waals surface area contributed by atoms with Crippen LogP contribution in [0, 0.1) is 0 Å². The van der Waals surface area contributed by atoms with E-state index in [-0.39, 0.29) is 23.4 Å². The third-order valence-corrected chi connectivity index (χ3v) is 8.11. The minimum Gasteiger partial charge on any atom is -0.352 e. The molecule has 0 saturated carbocycles. The number of hydrogen-bond acceptors (Lipinski definition) is 4. The van der Waals surface area contributed by atoms with E-state index in [1.165, 1.54) is 17.0 Å². The second-order valence-electron chi connectivity index (χ2n) is 9.34. The Hall–Kier alpha value is -3.36. The van der Waals surface area contributed by atoms with Crippen LogP contribution in [0.1, 0.15) is 38.8 Å². The SMILES string of the molecule is CCc1ccc(N(CC(=O)N(Cc2cccc(Cl)c2)[C@H](C)C(=O)NC(C)C)S(=O)(=O)c2ccccc2)cc1. The summed E-state index contributed by atoms with van der Waals surface area (Å²) in [5.41, 5.74) is 2.12. The molecule has 9 heteroatoms. The second-order valence-corrected chi connectivity index (χ2v) is 11.6. The highest BCUT2D eigenvalue weighted by atomic mass is 35.5. The average Bonchev–Trinajstić information content (AvgIpc) is 2.90. The zero-order valence-electron chi connectivity index (χ0n) is 22.1. The number of nitrogens with zero attached hydrogens (tertiary/aromatic N) is 2. The number of carbonyl (C=O) groups is 2. The number of rotatable bonds is 11. The number of anilines is 1. The highest BCUT2D eigenvalue weighted by molar-refractivity contribution is 7.92. The summed E-state index contributed by atoms with van der Waals surface area (Å²) < 4.78 is 28.6. The lowest BCUT2D eigenvalue weighted by Crippen LogP contribution is -2.52. The van der Waals surface area contributed by atoms with Crippen molar-refractivity contribution in [3.63, 3.8) is 0 Å². The predicted molar refractivity (Wildman–Crippen MR) is 152 cm³/mol. The molecule has 38 heavy (non-hydrogen) atoms. The average molecular weight is 556 g/mol. The fraction of sp³-hybridized carbons (Fsp3) is 0.310. The molecule has 0 aliphatic heterocycles. The van der Waals surface area contributed by atoms with Gasteiger partial charge in [-0.15, -0.1) is 0 Å². The van der Waals surface area contributed by atoms with Crippen molar-refractivity contribution in [2.24, 2.45) is 0 Å². The molecule has 1 N–H and O–H groups in total. The number of benzene rings is 3. The minimum absolute atomic E-state index is 0.0689. The third-order valence-electron chi connectivity index (χ3n) is 6.08. The lowest BCUT2D eigenvalue weighted by molar-refractivity contribution is -0.139. The van der Waals surface area contributed by atoms with E-state index in [2.05, 4.69) is 5.32 Å². The fourth-order valence-corrected chi connectivity index (χ4v) is 5.61. The highest BCUT2D eigenvalue weighted by Gasteiger charge is 2.32. The van der Waals surface area contributed by atoms with Gasteiger partial charge in [-0.05, 0) is 74.7 Å². The summed E-state index contributed by atoms with van der Waals surface area (Å²) in [5, 5.41) is 3.34. The monoisotopic (exact) mass is 555 g/mol. The Kier molecular flexibility index (Phi) is 9.94. The van der Waals surface area contributed by atoms with Gasteiger partial charge in [0.15, 0.2) is 0 Å². The van der Waals surface area contributed by atoms with Crippen LogP contribution in [-0.2, 0) is 32.6 Å². The highest BCUT2D eigenvalue weighted by Crippen LogP contribution is 2.25. The van der Waals surface area contributed by atoms with Crippen molar-refractivity contribution in [3.8, 4) is 0 Å². The van der Waals surface area contributed by atoms with E-state index in [4.69, 9.17) is 11.6 Å². The van der Waals surface area contributed by atoms with E-state index < -0.39 is 28.5 Å². The van der Waals surface area contributed by atoms with Crippen molar-refractivity contribution in [1.29, 1.82) is 0 Å². The zero-order chi connectivity index (χ0) is 27.9. The second kappa shape index (κ2) is 12.9. The summed E-state index contributed by atoms with van der Waals surface area (Å²) >= 11 is 6.17. The van der Waals surface area contributed by atoms with E-state index in [1.54, 1.807) is 61.5 Å². The Balaban J connectivity index is 2.02. The van der Waals surface area contributed by atoms with Gasteiger partial charge < -0.3 is 10.2 Å². The summed E-state index contributed by atoms with van der Waals surface area (Å²) in [4.78, 5) is 28.2. The van der Waals surface area contributed by atoms with Crippen LogP contribution >= 0.6 is 11.6 Å². The first kappa shape index (κ1) is 29.2. The normalized spacial score (nSPS) is 12.2. The molecule has 7 nitrogen and oxygen atoms in total. The van der Waals surface area contributed by atoms with Crippen molar-refractivity contribution in [2.45, 2.75) is 57.6 Å². The van der Waals surface area contributed by atoms with Gasteiger partial charge in [-0.25, -0.2) is 8.42 Å². The minimum atomic E-state index is -4.08. The number of aryl methyl sites for hydroxylation is 1. The van der Waals surface area contributed by atoms with E-state index in [0.29, 0.717) is 10.7 Å². The number of halogens is 1. The first-order chi connectivity index (χ1) is 18.0. The Bertz CT molecular complexity index is 1350. The van der Waals surface area contributed by atoms with Crippen molar-refractivity contribution < 1.29 is 18.0 Å². The van der Waals surface area contributed by atoms with Crippen molar-refractivity contribution >= 4 is 39.1 Å². The summed E-state index contributed by atoms with van der Waals surface area (Å²) in [6.45, 7) is 6.91. The first-order valence-corrected chi connectivity index (χ1v) is 14.4. The van der Waals surface area contributed by atoms with Crippen LogP contribution in [0.15, 0.2) is 83.8 Å². The van der Waals surface area contributed by atoms with Gasteiger partial charge in [0, 0.05) is 17.6 Å². The molecule has 0 aliphatic rings. The molecule has 0 aromatic heterocycles. The number of sulfonamides is 1. The molecule has 3 aromatic carbocycles. The van der Waals surface area contributed by atoms with Gasteiger partial charge in [-0.3, -0.25) is 13.9 Å². The summed E-state index contributed by atoms with van der Waals surface area (Å²) in [6.07, 6.45) is 0.792. The van der Waals surface area contributed by atoms with Crippen molar-refractivity contribution in [1.82, 2.24) is 10.2 Å².